The quantitative estimate of drug-likeness (QED) is 0.680. The zero-order valence-corrected chi connectivity index (χ0v) is 7.87. The number of nitriles is 1. The molecule has 0 aliphatic carbocycles. The number of esters is 1. The second kappa shape index (κ2) is 3.79. The highest BCUT2D eigenvalue weighted by atomic mass is 16.5. The van der Waals surface area contributed by atoms with Crippen molar-refractivity contribution in [1.82, 2.24) is 0 Å². The fourth-order valence-electron chi connectivity index (χ4n) is 1.09. The van der Waals surface area contributed by atoms with Crippen LogP contribution < -0.4 is 0 Å². The molecule has 0 aromatic heterocycles. The second-order valence-electron chi connectivity index (χ2n) is 2.79. The summed E-state index contributed by atoms with van der Waals surface area (Å²) in [6.45, 7) is 1.68. The SMILES string of the molecule is COC(=O)c1cc(C#N)c(C)cc1O. The number of ether oxygens (including phenoxy) is 1. The topological polar surface area (TPSA) is 70.3 Å². The summed E-state index contributed by atoms with van der Waals surface area (Å²) in [6.07, 6.45) is 0. The Kier molecular flexibility index (Phi) is 2.73. The van der Waals surface area contributed by atoms with E-state index in [2.05, 4.69) is 4.74 Å². The van der Waals surface area contributed by atoms with Crippen molar-refractivity contribution in [3.05, 3.63) is 28.8 Å². The van der Waals surface area contributed by atoms with E-state index in [0.717, 1.165) is 0 Å². The number of aromatic hydroxyl groups is 1. The molecule has 1 aromatic rings. The van der Waals surface area contributed by atoms with Gasteiger partial charge in [0.05, 0.1) is 18.7 Å². The van der Waals surface area contributed by atoms with Crippen molar-refractivity contribution in [2.75, 3.05) is 7.11 Å². The van der Waals surface area contributed by atoms with Crippen molar-refractivity contribution in [3.8, 4) is 11.8 Å². The van der Waals surface area contributed by atoms with E-state index in [1.807, 2.05) is 6.07 Å². The Hall–Kier alpha value is -2.02. The van der Waals surface area contributed by atoms with Crippen molar-refractivity contribution in [3.63, 3.8) is 0 Å². The minimum Gasteiger partial charge on any atom is -0.507 e. The van der Waals surface area contributed by atoms with Gasteiger partial charge in [-0.25, -0.2) is 4.79 Å². The normalized spacial score (nSPS) is 9.21. The molecule has 0 atom stereocenters. The highest BCUT2D eigenvalue weighted by molar-refractivity contribution is 5.92. The van der Waals surface area contributed by atoms with E-state index >= 15 is 0 Å². The second-order valence-corrected chi connectivity index (χ2v) is 2.79. The third-order valence-corrected chi connectivity index (χ3v) is 1.87. The lowest BCUT2D eigenvalue weighted by molar-refractivity contribution is 0.0597. The van der Waals surface area contributed by atoms with E-state index in [-0.39, 0.29) is 11.3 Å². The predicted molar refractivity (Wildman–Crippen MR) is 48.9 cm³/mol. The van der Waals surface area contributed by atoms with Gasteiger partial charge in [-0.15, -0.1) is 0 Å². The molecule has 0 saturated heterocycles. The molecule has 14 heavy (non-hydrogen) atoms. The maximum Gasteiger partial charge on any atom is 0.341 e. The molecule has 1 rings (SSSR count). The van der Waals surface area contributed by atoms with Gasteiger partial charge in [-0.2, -0.15) is 5.26 Å². The predicted octanol–water partition coefficient (Wildman–Crippen LogP) is 1.36. The lowest BCUT2D eigenvalue weighted by Crippen LogP contribution is -2.02. The molecular formula is C10H9NO3. The van der Waals surface area contributed by atoms with Crippen LogP contribution in [0.4, 0.5) is 0 Å². The number of phenols is 1. The summed E-state index contributed by atoms with van der Waals surface area (Å²) in [4.78, 5) is 11.1. The van der Waals surface area contributed by atoms with Gasteiger partial charge in [0.15, 0.2) is 0 Å². The van der Waals surface area contributed by atoms with Gasteiger partial charge in [-0.3, -0.25) is 0 Å². The van der Waals surface area contributed by atoms with Gasteiger partial charge in [-0.1, -0.05) is 0 Å². The Bertz CT molecular complexity index is 418. The summed E-state index contributed by atoms with van der Waals surface area (Å²) in [5.41, 5.74) is 0.982. The summed E-state index contributed by atoms with van der Waals surface area (Å²) >= 11 is 0. The molecule has 1 N–H and O–H groups in total. The fraction of sp³-hybridized carbons (Fsp3) is 0.200. The van der Waals surface area contributed by atoms with Crippen LogP contribution in [0.15, 0.2) is 12.1 Å². The summed E-state index contributed by atoms with van der Waals surface area (Å²) < 4.78 is 4.45. The Balaban J connectivity index is 3.33. The van der Waals surface area contributed by atoms with Crippen molar-refractivity contribution in [2.24, 2.45) is 0 Å². The number of hydrogen-bond acceptors (Lipinski definition) is 4. The number of methoxy groups -OCH3 is 1. The molecule has 0 saturated carbocycles. The molecule has 72 valence electrons. The lowest BCUT2D eigenvalue weighted by atomic mass is 10.0. The molecule has 0 radical (unpaired) electrons. The zero-order valence-electron chi connectivity index (χ0n) is 7.87. The smallest absolute Gasteiger partial charge is 0.341 e. The lowest BCUT2D eigenvalue weighted by Gasteiger charge is -2.04. The van der Waals surface area contributed by atoms with Gasteiger partial charge in [-0.05, 0) is 24.6 Å². The van der Waals surface area contributed by atoms with E-state index in [1.54, 1.807) is 6.92 Å². The average Bonchev–Trinajstić information content (AvgIpc) is 2.17. The molecule has 0 fully saturated rings. The Labute approximate surface area is 81.4 Å². The van der Waals surface area contributed by atoms with Crippen molar-refractivity contribution in [1.29, 1.82) is 5.26 Å². The number of phenolic OH excluding ortho intramolecular Hbond substituents is 1. The molecule has 4 heteroatoms. The van der Waals surface area contributed by atoms with Crippen LogP contribution in [0.3, 0.4) is 0 Å². The Morgan fingerprint density at radius 3 is 2.71 bits per heavy atom. The largest absolute Gasteiger partial charge is 0.507 e. The third kappa shape index (κ3) is 1.67. The minimum absolute atomic E-state index is 0.00894. The maximum absolute atomic E-state index is 11.1. The number of benzene rings is 1. The van der Waals surface area contributed by atoms with E-state index in [9.17, 15) is 9.90 Å². The van der Waals surface area contributed by atoms with Gasteiger partial charge in [0, 0.05) is 0 Å². The highest BCUT2D eigenvalue weighted by Crippen LogP contribution is 2.22. The first-order valence-corrected chi connectivity index (χ1v) is 3.92. The van der Waals surface area contributed by atoms with E-state index in [4.69, 9.17) is 5.26 Å². The van der Waals surface area contributed by atoms with E-state index < -0.39 is 5.97 Å². The average molecular weight is 191 g/mol. The molecule has 0 spiro atoms. The van der Waals surface area contributed by atoms with Crippen LogP contribution in [0.25, 0.3) is 0 Å². The minimum atomic E-state index is -0.654. The first-order valence-electron chi connectivity index (χ1n) is 3.92. The van der Waals surface area contributed by atoms with Crippen molar-refractivity contribution >= 4 is 5.97 Å². The molecule has 0 bridgehead atoms. The number of rotatable bonds is 1. The van der Waals surface area contributed by atoms with Crippen LogP contribution in [0.2, 0.25) is 0 Å². The van der Waals surface area contributed by atoms with Crippen LogP contribution >= 0.6 is 0 Å². The van der Waals surface area contributed by atoms with Crippen LogP contribution in [-0.4, -0.2) is 18.2 Å². The van der Waals surface area contributed by atoms with Crippen molar-refractivity contribution in [2.45, 2.75) is 6.92 Å². The standard InChI is InChI=1S/C10H9NO3/c1-6-3-9(12)8(10(13)14-2)4-7(6)5-11/h3-4,12H,1-2H3. The fourth-order valence-corrected chi connectivity index (χ4v) is 1.09. The van der Waals surface area contributed by atoms with Gasteiger partial charge in [0.1, 0.15) is 11.3 Å². The van der Waals surface area contributed by atoms with Gasteiger partial charge < -0.3 is 9.84 Å². The Morgan fingerprint density at radius 2 is 2.21 bits per heavy atom. The van der Waals surface area contributed by atoms with Gasteiger partial charge in [0.25, 0.3) is 0 Å². The molecule has 0 heterocycles. The first kappa shape index (κ1) is 10.1. The number of hydrogen-bond donors (Lipinski definition) is 1. The number of nitrogens with zero attached hydrogens (tertiary/aromatic N) is 1. The summed E-state index contributed by atoms with van der Waals surface area (Å²) in [6, 6.07) is 4.60. The van der Waals surface area contributed by atoms with E-state index in [0.29, 0.717) is 11.1 Å². The van der Waals surface area contributed by atoms with Gasteiger partial charge in [0.2, 0.25) is 0 Å². The number of carbonyl (C=O) groups excluding carboxylic acids is 1. The maximum atomic E-state index is 11.1. The highest BCUT2D eigenvalue weighted by Gasteiger charge is 2.13. The van der Waals surface area contributed by atoms with Crippen molar-refractivity contribution < 1.29 is 14.6 Å². The molecule has 0 amide bonds. The Morgan fingerprint density at radius 1 is 1.57 bits per heavy atom. The zero-order chi connectivity index (χ0) is 10.7. The molecule has 1 aromatic carbocycles. The van der Waals surface area contributed by atoms with Crippen LogP contribution in [0, 0.1) is 18.3 Å². The molecule has 0 aliphatic rings. The molecular weight excluding hydrogens is 182 g/mol. The van der Waals surface area contributed by atoms with Gasteiger partial charge >= 0.3 is 5.97 Å². The molecule has 0 unspecified atom stereocenters. The van der Waals surface area contributed by atoms with Crippen LogP contribution in [-0.2, 0) is 4.74 Å². The summed E-state index contributed by atoms with van der Waals surface area (Å²) in [5.74, 6) is -0.827. The molecule has 0 aliphatic heterocycles. The van der Waals surface area contributed by atoms with E-state index in [1.165, 1.54) is 19.2 Å². The monoisotopic (exact) mass is 191 g/mol. The molecule has 4 nitrogen and oxygen atoms in total. The number of aryl methyl sites for hydroxylation is 1. The van der Waals surface area contributed by atoms with Crippen LogP contribution in [0.5, 0.6) is 5.75 Å². The summed E-state index contributed by atoms with van der Waals surface area (Å²) in [5, 5.41) is 18.1. The third-order valence-electron chi connectivity index (χ3n) is 1.87. The first-order chi connectivity index (χ1) is 6.60. The summed E-state index contributed by atoms with van der Waals surface area (Å²) in [7, 11) is 1.22. The van der Waals surface area contributed by atoms with Crippen LogP contribution in [0.1, 0.15) is 21.5 Å². The number of carbonyl (C=O) groups is 1.